The molecule has 0 N–H and O–H groups in total. The molecular formula is C13H19Cl2N. The van der Waals surface area contributed by atoms with Crippen LogP contribution in [-0.2, 0) is 5.88 Å². The lowest BCUT2D eigenvalue weighted by Gasteiger charge is -2.29. The molecule has 0 amide bonds. The molecule has 0 aromatic heterocycles. The number of hydrogen-bond donors (Lipinski definition) is 0. The van der Waals surface area contributed by atoms with Gasteiger partial charge in [-0.05, 0) is 17.5 Å². The van der Waals surface area contributed by atoms with E-state index in [9.17, 15) is 0 Å². The minimum atomic E-state index is 0.251. The van der Waals surface area contributed by atoms with Crippen LogP contribution in [0.2, 0.25) is 5.02 Å². The second-order valence-corrected chi connectivity index (χ2v) is 5.96. The summed E-state index contributed by atoms with van der Waals surface area (Å²) in [5.41, 5.74) is 2.38. The normalized spacial score (nSPS) is 11.6. The van der Waals surface area contributed by atoms with Gasteiger partial charge in [0.1, 0.15) is 0 Å². The van der Waals surface area contributed by atoms with Gasteiger partial charge in [-0.15, -0.1) is 11.6 Å². The fraction of sp³-hybridized carbons (Fsp3) is 0.538. The predicted octanol–water partition coefficient (Wildman–Crippen LogP) is 4.56. The van der Waals surface area contributed by atoms with Crippen LogP contribution in [0.3, 0.4) is 0 Å². The Balaban J connectivity index is 2.99. The average molecular weight is 260 g/mol. The largest absolute Gasteiger partial charge is 0.374 e. The van der Waals surface area contributed by atoms with Crippen molar-refractivity contribution in [3.63, 3.8) is 0 Å². The molecule has 90 valence electrons. The monoisotopic (exact) mass is 259 g/mol. The Labute approximate surface area is 108 Å². The van der Waals surface area contributed by atoms with Gasteiger partial charge in [0.15, 0.2) is 0 Å². The van der Waals surface area contributed by atoms with Gasteiger partial charge in [-0.25, -0.2) is 0 Å². The highest BCUT2D eigenvalue weighted by Crippen LogP contribution is 2.30. The number of hydrogen-bond acceptors (Lipinski definition) is 1. The van der Waals surface area contributed by atoms with E-state index in [1.54, 1.807) is 0 Å². The highest BCUT2D eigenvalue weighted by molar-refractivity contribution is 6.32. The van der Waals surface area contributed by atoms with E-state index in [-0.39, 0.29) is 5.41 Å². The van der Waals surface area contributed by atoms with E-state index in [4.69, 9.17) is 23.2 Å². The van der Waals surface area contributed by atoms with Crippen molar-refractivity contribution in [2.75, 3.05) is 18.5 Å². The lowest BCUT2D eigenvalue weighted by molar-refractivity contribution is 0.419. The number of anilines is 1. The lowest BCUT2D eigenvalue weighted by Crippen LogP contribution is -2.29. The van der Waals surface area contributed by atoms with Crippen molar-refractivity contribution >= 4 is 28.9 Å². The molecule has 0 bridgehead atoms. The zero-order valence-corrected chi connectivity index (χ0v) is 11.9. The van der Waals surface area contributed by atoms with Crippen LogP contribution in [0.25, 0.3) is 0 Å². The van der Waals surface area contributed by atoms with Crippen molar-refractivity contribution in [1.29, 1.82) is 0 Å². The Hall–Kier alpha value is -0.400. The summed E-state index contributed by atoms with van der Waals surface area (Å²) in [5.74, 6) is 0.448. The van der Waals surface area contributed by atoms with Crippen molar-refractivity contribution in [2.45, 2.75) is 26.7 Å². The number of halogens is 2. The van der Waals surface area contributed by atoms with E-state index in [0.717, 1.165) is 22.8 Å². The first-order chi connectivity index (χ1) is 7.35. The summed E-state index contributed by atoms with van der Waals surface area (Å²) in [7, 11) is 2.08. The topological polar surface area (TPSA) is 3.24 Å². The van der Waals surface area contributed by atoms with Gasteiger partial charge in [0.2, 0.25) is 0 Å². The average Bonchev–Trinajstić information content (AvgIpc) is 2.14. The second-order valence-electron chi connectivity index (χ2n) is 5.29. The molecule has 0 aliphatic rings. The molecule has 1 aromatic carbocycles. The standard InChI is InChI=1S/C13H19Cl2N/c1-13(2,3)9-16(4)12-7-5-6-11(15)10(12)8-14/h5-7H,8-9H2,1-4H3. The predicted molar refractivity (Wildman–Crippen MR) is 73.7 cm³/mol. The fourth-order valence-corrected chi connectivity index (χ4v) is 2.42. The summed E-state index contributed by atoms with van der Waals surface area (Å²) < 4.78 is 0. The van der Waals surface area contributed by atoms with E-state index in [1.165, 1.54) is 0 Å². The van der Waals surface area contributed by atoms with Crippen LogP contribution in [0.1, 0.15) is 26.3 Å². The first-order valence-electron chi connectivity index (χ1n) is 5.39. The number of rotatable bonds is 3. The molecule has 0 fully saturated rings. The van der Waals surface area contributed by atoms with Gasteiger partial charge in [-0.1, -0.05) is 38.4 Å². The molecule has 1 rings (SSSR count). The molecule has 0 atom stereocenters. The van der Waals surface area contributed by atoms with Gasteiger partial charge in [-0.2, -0.15) is 0 Å². The van der Waals surface area contributed by atoms with Gasteiger partial charge < -0.3 is 4.90 Å². The molecule has 0 heterocycles. The summed E-state index contributed by atoms with van der Waals surface area (Å²) in [6.07, 6.45) is 0. The van der Waals surface area contributed by atoms with Crippen molar-refractivity contribution in [1.82, 2.24) is 0 Å². The van der Waals surface area contributed by atoms with Crippen molar-refractivity contribution < 1.29 is 0 Å². The van der Waals surface area contributed by atoms with Gasteiger partial charge in [-0.3, -0.25) is 0 Å². The van der Waals surface area contributed by atoms with Gasteiger partial charge in [0, 0.05) is 29.9 Å². The third kappa shape index (κ3) is 3.57. The molecule has 0 aliphatic carbocycles. The first kappa shape index (κ1) is 13.7. The SMILES string of the molecule is CN(CC(C)(C)C)c1cccc(Cl)c1CCl. The molecule has 0 saturated carbocycles. The minimum absolute atomic E-state index is 0.251. The fourth-order valence-electron chi connectivity index (χ4n) is 1.83. The highest BCUT2D eigenvalue weighted by atomic mass is 35.5. The summed E-state index contributed by atoms with van der Waals surface area (Å²) in [5, 5.41) is 0.744. The van der Waals surface area contributed by atoms with Gasteiger partial charge in [0.05, 0.1) is 5.88 Å². The van der Waals surface area contributed by atoms with Crippen LogP contribution >= 0.6 is 23.2 Å². The number of benzene rings is 1. The Morgan fingerprint density at radius 3 is 2.38 bits per heavy atom. The molecule has 1 nitrogen and oxygen atoms in total. The van der Waals surface area contributed by atoms with Crippen LogP contribution in [0.4, 0.5) is 5.69 Å². The Kier molecular flexibility index (Phi) is 4.52. The number of alkyl halides is 1. The van der Waals surface area contributed by atoms with E-state index >= 15 is 0 Å². The summed E-state index contributed by atoms with van der Waals surface area (Å²) >= 11 is 12.1. The smallest absolute Gasteiger partial charge is 0.0509 e. The first-order valence-corrected chi connectivity index (χ1v) is 6.31. The van der Waals surface area contributed by atoms with Crippen molar-refractivity contribution in [3.05, 3.63) is 28.8 Å². The van der Waals surface area contributed by atoms with E-state index < -0.39 is 0 Å². The minimum Gasteiger partial charge on any atom is -0.374 e. The van der Waals surface area contributed by atoms with Crippen LogP contribution in [0.15, 0.2) is 18.2 Å². The maximum absolute atomic E-state index is 6.13. The molecule has 0 unspecified atom stereocenters. The second kappa shape index (κ2) is 5.29. The maximum Gasteiger partial charge on any atom is 0.0509 e. The summed E-state index contributed by atoms with van der Waals surface area (Å²) in [4.78, 5) is 2.21. The van der Waals surface area contributed by atoms with Crippen molar-refractivity contribution in [2.24, 2.45) is 5.41 Å². The van der Waals surface area contributed by atoms with Gasteiger partial charge in [0.25, 0.3) is 0 Å². The van der Waals surface area contributed by atoms with E-state index in [0.29, 0.717) is 5.88 Å². The number of nitrogens with zero attached hydrogens (tertiary/aromatic N) is 1. The molecule has 0 aliphatic heterocycles. The molecular weight excluding hydrogens is 241 g/mol. The molecule has 1 aromatic rings. The van der Waals surface area contributed by atoms with Gasteiger partial charge >= 0.3 is 0 Å². The molecule has 0 saturated heterocycles. The summed E-state index contributed by atoms with van der Waals surface area (Å²) in [6.45, 7) is 7.62. The third-order valence-corrected chi connectivity index (χ3v) is 2.97. The molecule has 3 heteroatoms. The Morgan fingerprint density at radius 1 is 1.25 bits per heavy atom. The third-order valence-electron chi connectivity index (χ3n) is 2.35. The zero-order chi connectivity index (χ0) is 12.3. The van der Waals surface area contributed by atoms with Crippen LogP contribution in [0.5, 0.6) is 0 Å². The Morgan fingerprint density at radius 2 is 1.88 bits per heavy atom. The van der Waals surface area contributed by atoms with Crippen LogP contribution in [0, 0.1) is 5.41 Å². The quantitative estimate of drug-likeness (QED) is 0.720. The molecule has 0 spiro atoms. The van der Waals surface area contributed by atoms with Crippen LogP contribution in [-0.4, -0.2) is 13.6 Å². The Bertz CT molecular complexity index is 355. The molecule has 16 heavy (non-hydrogen) atoms. The molecule has 0 radical (unpaired) electrons. The van der Waals surface area contributed by atoms with Crippen molar-refractivity contribution in [3.8, 4) is 0 Å². The zero-order valence-electron chi connectivity index (χ0n) is 10.3. The lowest BCUT2D eigenvalue weighted by atomic mass is 9.96. The van der Waals surface area contributed by atoms with Crippen LogP contribution < -0.4 is 4.90 Å². The van der Waals surface area contributed by atoms with E-state index in [1.807, 2.05) is 12.1 Å². The van der Waals surface area contributed by atoms with E-state index in [2.05, 4.69) is 38.8 Å². The summed E-state index contributed by atoms with van der Waals surface area (Å²) in [6, 6.07) is 5.91. The highest BCUT2D eigenvalue weighted by Gasteiger charge is 2.16. The maximum atomic E-state index is 6.13.